The summed E-state index contributed by atoms with van der Waals surface area (Å²) in [6.07, 6.45) is 2.92. The van der Waals surface area contributed by atoms with Crippen LogP contribution in [0.3, 0.4) is 0 Å². The number of rotatable bonds is 6. The van der Waals surface area contributed by atoms with E-state index < -0.39 is 0 Å². The SMILES string of the molecule is CN(C)CC/C=C(/c1ccc(F)cc1)c1ccc(C#N)cc1CO. The third kappa shape index (κ3) is 4.51. The molecule has 0 unspecified atom stereocenters. The molecule has 4 heteroatoms. The molecular weight excluding hydrogens is 303 g/mol. The minimum atomic E-state index is -0.284. The molecule has 0 aliphatic heterocycles. The predicted molar refractivity (Wildman–Crippen MR) is 93.7 cm³/mol. The van der Waals surface area contributed by atoms with E-state index in [1.54, 1.807) is 24.3 Å². The molecule has 0 bridgehead atoms. The number of nitriles is 1. The molecule has 0 aliphatic rings. The lowest BCUT2D eigenvalue weighted by Crippen LogP contribution is -2.12. The maximum atomic E-state index is 13.3. The largest absolute Gasteiger partial charge is 0.392 e. The van der Waals surface area contributed by atoms with E-state index in [9.17, 15) is 9.50 Å². The molecule has 124 valence electrons. The van der Waals surface area contributed by atoms with Crippen LogP contribution < -0.4 is 0 Å². The van der Waals surface area contributed by atoms with Crippen LogP contribution >= 0.6 is 0 Å². The van der Waals surface area contributed by atoms with Gasteiger partial charge in [-0.05, 0) is 67.0 Å². The third-order valence-corrected chi connectivity index (χ3v) is 3.77. The summed E-state index contributed by atoms with van der Waals surface area (Å²) in [4.78, 5) is 2.09. The van der Waals surface area contributed by atoms with Crippen molar-refractivity contribution >= 4 is 5.57 Å². The molecule has 0 atom stereocenters. The van der Waals surface area contributed by atoms with Gasteiger partial charge in [0.1, 0.15) is 5.82 Å². The van der Waals surface area contributed by atoms with Crippen LogP contribution in [0.15, 0.2) is 48.5 Å². The van der Waals surface area contributed by atoms with Gasteiger partial charge in [0.05, 0.1) is 18.2 Å². The third-order valence-electron chi connectivity index (χ3n) is 3.77. The number of aliphatic hydroxyl groups excluding tert-OH is 1. The van der Waals surface area contributed by atoms with Crippen molar-refractivity contribution in [1.82, 2.24) is 4.90 Å². The maximum Gasteiger partial charge on any atom is 0.123 e. The second-order valence-corrected chi connectivity index (χ2v) is 5.86. The van der Waals surface area contributed by atoms with E-state index in [0.29, 0.717) is 11.1 Å². The second-order valence-electron chi connectivity index (χ2n) is 5.86. The fourth-order valence-electron chi connectivity index (χ4n) is 2.54. The lowest BCUT2D eigenvalue weighted by atomic mass is 9.92. The summed E-state index contributed by atoms with van der Waals surface area (Å²) in [6, 6.07) is 13.7. The predicted octanol–water partition coefficient (Wildman–Crippen LogP) is 3.57. The van der Waals surface area contributed by atoms with Crippen molar-refractivity contribution in [1.29, 1.82) is 5.26 Å². The van der Waals surface area contributed by atoms with Crippen molar-refractivity contribution in [2.24, 2.45) is 0 Å². The van der Waals surface area contributed by atoms with Crippen LogP contribution in [0.1, 0.15) is 28.7 Å². The zero-order chi connectivity index (χ0) is 17.5. The molecule has 1 N–H and O–H groups in total. The van der Waals surface area contributed by atoms with Crippen molar-refractivity contribution in [2.45, 2.75) is 13.0 Å². The highest BCUT2D eigenvalue weighted by Gasteiger charge is 2.11. The van der Waals surface area contributed by atoms with Crippen molar-refractivity contribution < 1.29 is 9.50 Å². The summed E-state index contributed by atoms with van der Waals surface area (Å²) in [5.41, 5.74) is 3.88. The van der Waals surface area contributed by atoms with Crippen molar-refractivity contribution in [3.05, 3.63) is 76.6 Å². The van der Waals surface area contributed by atoms with Gasteiger partial charge >= 0.3 is 0 Å². The van der Waals surface area contributed by atoms with Crippen LogP contribution in [0.25, 0.3) is 5.57 Å². The standard InChI is InChI=1S/C20H21FN2O/c1-23(2)11-3-4-19(16-6-8-18(21)9-7-16)20-10-5-15(13-22)12-17(20)14-24/h4-10,12,24H,3,11,14H2,1-2H3/b19-4-. The minimum Gasteiger partial charge on any atom is -0.392 e. The molecule has 0 amide bonds. The van der Waals surface area contributed by atoms with Gasteiger partial charge in [-0.3, -0.25) is 0 Å². The van der Waals surface area contributed by atoms with Crippen molar-refractivity contribution in [3.63, 3.8) is 0 Å². The van der Waals surface area contributed by atoms with Crippen LogP contribution in [0.2, 0.25) is 0 Å². The number of aliphatic hydroxyl groups is 1. The summed E-state index contributed by atoms with van der Waals surface area (Å²) >= 11 is 0. The van der Waals surface area contributed by atoms with Gasteiger partial charge in [0.15, 0.2) is 0 Å². The molecular formula is C20H21FN2O. The van der Waals surface area contributed by atoms with E-state index in [4.69, 9.17) is 5.26 Å². The monoisotopic (exact) mass is 324 g/mol. The number of hydrogen-bond acceptors (Lipinski definition) is 3. The van der Waals surface area contributed by atoms with Gasteiger partial charge < -0.3 is 10.0 Å². The van der Waals surface area contributed by atoms with E-state index in [2.05, 4.69) is 17.0 Å². The zero-order valence-electron chi connectivity index (χ0n) is 14.0. The van der Waals surface area contributed by atoms with E-state index in [-0.39, 0.29) is 12.4 Å². The summed E-state index contributed by atoms with van der Waals surface area (Å²) in [5, 5.41) is 18.7. The molecule has 2 aromatic rings. The molecule has 0 radical (unpaired) electrons. The first-order chi connectivity index (χ1) is 11.5. The highest BCUT2D eigenvalue weighted by molar-refractivity contribution is 5.81. The molecule has 0 spiro atoms. The quantitative estimate of drug-likeness (QED) is 0.883. The van der Waals surface area contributed by atoms with Crippen LogP contribution in [-0.2, 0) is 6.61 Å². The molecule has 0 saturated heterocycles. The molecule has 0 fully saturated rings. The van der Waals surface area contributed by atoms with Gasteiger partial charge in [0.25, 0.3) is 0 Å². The number of halogens is 1. The normalized spacial score (nSPS) is 11.6. The van der Waals surface area contributed by atoms with Gasteiger partial charge in [0, 0.05) is 6.54 Å². The first-order valence-corrected chi connectivity index (χ1v) is 7.80. The molecule has 3 nitrogen and oxygen atoms in total. The summed E-state index contributed by atoms with van der Waals surface area (Å²) in [6.45, 7) is 0.729. The van der Waals surface area contributed by atoms with Crippen molar-refractivity contribution in [3.8, 4) is 6.07 Å². The molecule has 2 rings (SSSR count). The molecule has 0 aliphatic carbocycles. The number of nitrogens with zero attached hydrogens (tertiary/aromatic N) is 2. The second kappa shape index (κ2) is 8.39. The lowest BCUT2D eigenvalue weighted by Gasteiger charge is -2.14. The van der Waals surface area contributed by atoms with E-state index in [1.807, 2.05) is 20.2 Å². The Labute approximate surface area is 142 Å². The Morgan fingerprint density at radius 1 is 1.21 bits per heavy atom. The zero-order valence-corrected chi connectivity index (χ0v) is 14.0. The highest BCUT2D eigenvalue weighted by atomic mass is 19.1. The van der Waals surface area contributed by atoms with E-state index >= 15 is 0 Å². The Balaban J connectivity index is 2.50. The Morgan fingerprint density at radius 3 is 2.50 bits per heavy atom. The average Bonchev–Trinajstić information content (AvgIpc) is 2.59. The average molecular weight is 324 g/mol. The molecule has 2 aromatic carbocycles. The van der Waals surface area contributed by atoms with E-state index in [0.717, 1.165) is 29.7 Å². The van der Waals surface area contributed by atoms with Crippen LogP contribution in [0, 0.1) is 17.1 Å². The summed E-state index contributed by atoms with van der Waals surface area (Å²) < 4.78 is 13.3. The van der Waals surface area contributed by atoms with Gasteiger partial charge in [-0.15, -0.1) is 0 Å². The summed E-state index contributed by atoms with van der Waals surface area (Å²) in [5.74, 6) is -0.284. The van der Waals surface area contributed by atoms with Crippen LogP contribution in [0.5, 0.6) is 0 Å². The van der Waals surface area contributed by atoms with Crippen molar-refractivity contribution in [2.75, 3.05) is 20.6 Å². The summed E-state index contributed by atoms with van der Waals surface area (Å²) in [7, 11) is 4.01. The first kappa shape index (κ1) is 17.9. The van der Waals surface area contributed by atoms with Gasteiger partial charge in [0.2, 0.25) is 0 Å². The molecule has 0 heterocycles. The molecule has 24 heavy (non-hydrogen) atoms. The minimum absolute atomic E-state index is 0.156. The Bertz CT molecular complexity index is 758. The smallest absolute Gasteiger partial charge is 0.123 e. The first-order valence-electron chi connectivity index (χ1n) is 7.80. The lowest BCUT2D eigenvalue weighted by molar-refractivity contribution is 0.281. The van der Waals surface area contributed by atoms with Gasteiger partial charge in [-0.2, -0.15) is 5.26 Å². The number of hydrogen-bond donors (Lipinski definition) is 1. The molecule has 0 aromatic heterocycles. The van der Waals surface area contributed by atoms with E-state index in [1.165, 1.54) is 12.1 Å². The fraction of sp³-hybridized carbons (Fsp3) is 0.250. The Kier molecular flexibility index (Phi) is 6.25. The van der Waals surface area contributed by atoms with Crippen LogP contribution in [0.4, 0.5) is 4.39 Å². The van der Waals surface area contributed by atoms with Crippen LogP contribution in [-0.4, -0.2) is 30.6 Å². The van der Waals surface area contributed by atoms with Gasteiger partial charge in [-0.25, -0.2) is 4.39 Å². The maximum absolute atomic E-state index is 13.3. The Morgan fingerprint density at radius 2 is 1.92 bits per heavy atom. The fourth-order valence-corrected chi connectivity index (χ4v) is 2.54. The van der Waals surface area contributed by atoms with Gasteiger partial charge in [-0.1, -0.05) is 24.3 Å². The Hall–Kier alpha value is -2.48. The molecule has 0 saturated carbocycles. The topological polar surface area (TPSA) is 47.3 Å². The highest BCUT2D eigenvalue weighted by Crippen LogP contribution is 2.28. The number of benzene rings is 2.